The number of pyridine rings is 1. The molecule has 29 heavy (non-hydrogen) atoms. The zero-order valence-electron chi connectivity index (χ0n) is 16.4. The number of benzene rings is 1. The van der Waals surface area contributed by atoms with Gasteiger partial charge in [0.15, 0.2) is 0 Å². The molecule has 0 spiro atoms. The van der Waals surface area contributed by atoms with Crippen molar-refractivity contribution in [3.8, 4) is 11.1 Å². The largest absolute Gasteiger partial charge is 0.351 e. The van der Waals surface area contributed by atoms with Gasteiger partial charge in [-0.2, -0.15) is 5.10 Å². The van der Waals surface area contributed by atoms with Crippen molar-refractivity contribution < 1.29 is 0 Å². The number of aromatic nitrogens is 5. The molecule has 4 aromatic rings. The normalized spacial score (nSPS) is 16.2. The molecule has 3 aromatic heterocycles. The number of aryl methyl sites for hydroxylation is 1. The van der Waals surface area contributed by atoms with Gasteiger partial charge in [-0.05, 0) is 43.5 Å². The summed E-state index contributed by atoms with van der Waals surface area (Å²) in [6.45, 7) is 3.84. The number of nitrogens with zero attached hydrogens (tertiary/aromatic N) is 6. The molecule has 4 heterocycles. The second-order valence-electron chi connectivity index (χ2n) is 8.16. The van der Waals surface area contributed by atoms with E-state index in [0.717, 1.165) is 47.4 Å². The SMILES string of the molecule is Cc1ccc2ncnc(N3CCc4ncc(-c5cnn(C6CC6)c5)cc4C3)c2c1. The minimum atomic E-state index is 0.597. The maximum Gasteiger partial charge on any atom is 0.140 e. The molecule has 1 aliphatic carbocycles. The van der Waals surface area contributed by atoms with Gasteiger partial charge in [0.25, 0.3) is 0 Å². The number of anilines is 1. The highest BCUT2D eigenvalue weighted by atomic mass is 15.3. The van der Waals surface area contributed by atoms with Crippen LogP contribution in [0.4, 0.5) is 5.82 Å². The molecule has 0 saturated heterocycles. The summed E-state index contributed by atoms with van der Waals surface area (Å²) in [5.41, 5.74) is 6.96. The summed E-state index contributed by atoms with van der Waals surface area (Å²) in [5.74, 6) is 1.01. The Hall–Kier alpha value is -3.28. The third-order valence-electron chi connectivity index (χ3n) is 5.96. The first kappa shape index (κ1) is 16.7. The number of rotatable bonds is 3. The molecule has 0 bridgehead atoms. The summed E-state index contributed by atoms with van der Waals surface area (Å²) < 4.78 is 2.09. The molecule has 0 N–H and O–H groups in total. The predicted molar refractivity (Wildman–Crippen MR) is 113 cm³/mol. The van der Waals surface area contributed by atoms with Crippen molar-refractivity contribution in [2.24, 2.45) is 0 Å². The van der Waals surface area contributed by atoms with Gasteiger partial charge in [-0.15, -0.1) is 0 Å². The van der Waals surface area contributed by atoms with Crippen molar-refractivity contribution in [2.45, 2.75) is 38.8 Å². The second-order valence-corrected chi connectivity index (χ2v) is 8.16. The molecule has 0 amide bonds. The van der Waals surface area contributed by atoms with Crippen LogP contribution in [0.2, 0.25) is 0 Å². The van der Waals surface area contributed by atoms with Gasteiger partial charge in [-0.3, -0.25) is 9.67 Å². The van der Waals surface area contributed by atoms with Crippen molar-refractivity contribution >= 4 is 16.7 Å². The molecule has 0 atom stereocenters. The van der Waals surface area contributed by atoms with E-state index in [1.165, 1.54) is 29.7 Å². The first-order valence-electron chi connectivity index (χ1n) is 10.2. The van der Waals surface area contributed by atoms with E-state index in [-0.39, 0.29) is 0 Å². The Morgan fingerprint density at radius 2 is 1.93 bits per heavy atom. The van der Waals surface area contributed by atoms with E-state index < -0.39 is 0 Å². The van der Waals surface area contributed by atoms with Gasteiger partial charge in [0.05, 0.1) is 17.8 Å². The second kappa shape index (κ2) is 6.37. The molecule has 1 aromatic carbocycles. The van der Waals surface area contributed by atoms with E-state index >= 15 is 0 Å². The van der Waals surface area contributed by atoms with Crippen LogP contribution in [0.5, 0.6) is 0 Å². The molecule has 2 aliphatic rings. The summed E-state index contributed by atoms with van der Waals surface area (Å²) in [5, 5.41) is 5.65. The Labute approximate surface area is 169 Å². The highest BCUT2D eigenvalue weighted by Crippen LogP contribution is 2.35. The van der Waals surface area contributed by atoms with Crippen LogP contribution in [0, 0.1) is 6.92 Å². The lowest BCUT2D eigenvalue weighted by Crippen LogP contribution is -2.31. The number of fused-ring (bicyclic) bond motifs is 2. The first-order valence-corrected chi connectivity index (χ1v) is 10.2. The third kappa shape index (κ3) is 2.95. The first-order chi connectivity index (χ1) is 14.2. The van der Waals surface area contributed by atoms with Gasteiger partial charge in [-0.1, -0.05) is 11.6 Å². The van der Waals surface area contributed by atoms with E-state index in [2.05, 4.69) is 62.0 Å². The quantitative estimate of drug-likeness (QED) is 0.534. The lowest BCUT2D eigenvalue weighted by Gasteiger charge is -2.30. The average molecular weight is 382 g/mol. The van der Waals surface area contributed by atoms with E-state index in [1.54, 1.807) is 6.33 Å². The van der Waals surface area contributed by atoms with Gasteiger partial charge in [-0.25, -0.2) is 9.97 Å². The maximum absolute atomic E-state index is 4.77. The Kier molecular flexibility index (Phi) is 3.66. The van der Waals surface area contributed by atoms with Gasteiger partial charge in [0.2, 0.25) is 0 Å². The fourth-order valence-electron chi connectivity index (χ4n) is 4.20. The lowest BCUT2D eigenvalue weighted by molar-refractivity contribution is 0.642. The topological polar surface area (TPSA) is 59.7 Å². The van der Waals surface area contributed by atoms with Gasteiger partial charge in [0.1, 0.15) is 12.1 Å². The van der Waals surface area contributed by atoms with Crippen LogP contribution >= 0.6 is 0 Å². The fraction of sp³-hybridized carbons (Fsp3) is 0.304. The highest BCUT2D eigenvalue weighted by molar-refractivity contribution is 5.90. The Bertz CT molecular complexity index is 1220. The van der Waals surface area contributed by atoms with Gasteiger partial charge in [0, 0.05) is 54.1 Å². The minimum absolute atomic E-state index is 0.597. The highest BCUT2D eigenvalue weighted by Gasteiger charge is 2.25. The fourth-order valence-corrected chi connectivity index (χ4v) is 4.20. The average Bonchev–Trinajstić information content (AvgIpc) is 3.49. The third-order valence-corrected chi connectivity index (χ3v) is 5.96. The lowest BCUT2D eigenvalue weighted by atomic mass is 10.0. The minimum Gasteiger partial charge on any atom is -0.351 e. The van der Waals surface area contributed by atoms with Gasteiger partial charge < -0.3 is 4.90 Å². The molecule has 144 valence electrons. The van der Waals surface area contributed by atoms with E-state index in [9.17, 15) is 0 Å². The molecule has 1 fully saturated rings. The Morgan fingerprint density at radius 3 is 2.83 bits per heavy atom. The Morgan fingerprint density at radius 1 is 1.00 bits per heavy atom. The van der Waals surface area contributed by atoms with Crippen molar-refractivity contribution in [1.29, 1.82) is 0 Å². The Balaban J connectivity index is 1.35. The molecule has 6 nitrogen and oxygen atoms in total. The molecule has 0 unspecified atom stereocenters. The molecule has 1 aliphatic heterocycles. The zero-order chi connectivity index (χ0) is 19.4. The van der Waals surface area contributed by atoms with Crippen LogP contribution < -0.4 is 4.90 Å². The molecular weight excluding hydrogens is 360 g/mol. The molecule has 6 rings (SSSR count). The smallest absolute Gasteiger partial charge is 0.140 e. The van der Waals surface area contributed by atoms with Crippen LogP contribution in [0.1, 0.15) is 35.7 Å². The van der Waals surface area contributed by atoms with Crippen LogP contribution in [-0.2, 0) is 13.0 Å². The molecular formula is C23H22N6. The van der Waals surface area contributed by atoms with E-state index in [0.29, 0.717) is 6.04 Å². The van der Waals surface area contributed by atoms with Crippen molar-refractivity contribution in [3.05, 3.63) is 66.0 Å². The summed E-state index contributed by atoms with van der Waals surface area (Å²) in [7, 11) is 0. The predicted octanol–water partition coefficient (Wildman–Crippen LogP) is 4.09. The molecule has 1 saturated carbocycles. The summed E-state index contributed by atoms with van der Waals surface area (Å²) in [4.78, 5) is 16.2. The van der Waals surface area contributed by atoms with Crippen molar-refractivity contribution in [3.63, 3.8) is 0 Å². The van der Waals surface area contributed by atoms with Crippen LogP contribution in [0.3, 0.4) is 0 Å². The van der Waals surface area contributed by atoms with E-state index in [4.69, 9.17) is 4.98 Å². The summed E-state index contributed by atoms with van der Waals surface area (Å²) >= 11 is 0. The van der Waals surface area contributed by atoms with Crippen LogP contribution in [-0.4, -0.2) is 31.3 Å². The number of hydrogen-bond acceptors (Lipinski definition) is 5. The van der Waals surface area contributed by atoms with Gasteiger partial charge >= 0.3 is 0 Å². The van der Waals surface area contributed by atoms with Crippen molar-refractivity contribution in [2.75, 3.05) is 11.4 Å². The maximum atomic E-state index is 4.77. The molecule has 0 radical (unpaired) electrons. The standard InChI is InChI=1S/C23H22N6/c1-15-2-5-22-20(8-15)23(26-14-25-22)28-7-6-21-17(12-28)9-16(10-24-21)18-11-27-29(13-18)19-3-4-19/h2,5,8-11,13-14,19H,3-4,6-7,12H2,1H3. The zero-order valence-corrected chi connectivity index (χ0v) is 16.4. The molecule has 6 heteroatoms. The van der Waals surface area contributed by atoms with Crippen LogP contribution in [0.15, 0.2) is 49.2 Å². The number of hydrogen-bond donors (Lipinski definition) is 0. The van der Waals surface area contributed by atoms with Crippen LogP contribution in [0.25, 0.3) is 22.0 Å². The summed E-state index contributed by atoms with van der Waals surface area (Å²) in [6, 6.07) is 9.23. The van der Waals surface area contributed by atoms with Crippen molar-refractivity contribution in [1.82, 2.24) is 24.7 Å². The summed E-state index contributed by atoms with van der Waals surface area (Å²) in [6.07, 6.45) is 11.2. The van der Waals surface area contributed by atoms with E-state index in [1.807, 2.05) is 12.4 Å². The monoisotopic (exact) mass is 382 g/mol.